The summed E-state index contributed by atoms with van der Waals surface area (Å²) >= 11 is 0. The van der Waals surface area contributed by atoms with Crippen molar-refractivity contribution in [1.29, 1.82) is 0 Å². The van der Waals surface area contributed by atoms with Crippen molar-refractivity contribution < 1.29 is 24.2 Å². The topological polar surface area (TPSA) is 72.8 Å². The molecule has 1 N–H and O–H groups in total. The van der Waals surface area contributed by atoms with Gasteiger partial charge in [-0.05, 0) is 83.5 Å². The Balaban J connectivity index is 3.59. The molecule has 0 rings (SSSR count). The van der Waals surface area contributed by atoms with E-state index in [2.05, 4.69) is 98.9 Å². The number of ether oxygens (including phenoxy) is 2. The number of carbonyl (C=O) groups excluding carboxylic acids is 2. The minimum absolute atomic E-state index is 0.0926. The molecule has 0 aliphatic rings. The zero-order valence-electron chi connectivity index (χ0n) is 36.4. The van der Waals surface area contributed by atoms with Gasteiger partial charge in [0.25, 0.3) is 0 Å². The minimum Gasteiger partial charge on any atom is -0.462 e. The molecule has 1 unspecified atom stereocenters. The second-order valence-electron chi connectivity index (χ2n) is 15.1. The molecule has 0 fully saturated rings. The Hall–Kier alpha value is -2.92. The molecule has 0 aliphatic heterocycles. The second kappa shape index (κ2) is 46.5. The Morgan fingerprint density at radius 3 is 1.21 bits per heavy atom. The fourth-order valence-corrected chi connectivity index (χ4v) is 6.21. The number of aliphatic hydroxyl groups is 1. The average Bonchev–Trinajstić information content (AvgIpc) is 3.20. The first-order valence-electron chi connectivity index (χ1n) is 23.1. The summed E-state index contributed by atoms with van der Waals surface area (Å²) in [6, 6.07) is 0. The van der Waals surface area contributed by atoms with Gasteiger partial charge in [0.05, 0.1) is 6.61 Å². The smallest absolute Gasteiger partial charge is 0.306 e. The summed E-state index contributed by atoms with van der Waals surface area (Å²) in [7, 11) is 0. The lowest BCUT2D eigenvalue weighted by Crippen LogP contribution is -2.28. The lowest BCUT2D eigenvalue weighted by molar-refractivity contribution is -0.161. The van der Waals surface area contributed by atoms with Crippen LogP contribution in [0.4, 0.5) is 0 Å². The van der Waals surface area contributed by atoms with Crippen molar-refractivity contribution in [3.8, 4) is 0 Å². The van der Waals surface area contributed by atoms with Gasteiger partial charge >= 0.3 is 11.9 Å². The second-order valence-corrected chi connectivity index (χ2v) is 15.1. The van der Waals surface area contributed by atoms with Crippen molar-refractivity contribution in [2.24, 2.45) is 0 Å². The largest absolute Gasteiger partial charge is 0.462 e. The molecule has 0 aromatic rings. The number of rotatable bonds is 41. The normalized spacial score (nSPS) is 13.0. The number of unbranched alkanes of at least 4 members (excludes halogenated alkanes) is 19. The summed E-state index contributed by atoms with van der Waals surface area (Å²) in [6.07, 6.45) is 63.8. The molecule has 56 heavy (non-hydrogen) atoms. The van der Waals surface area contributed by atoms with Crippen LogP contribution in [0.15, 0.2) is 85.1 Å². The summed E-state index contributed by atoms with van der Waals surface area (Å²) in [5.74, 6) is -0.662. The van der Waals surface area contributed by atoms with Crippen LogP contribution >= 0.6 is 0 Å². The van der Waals surface area contributed by atoms with E-state index in [0.29, 0.717) is 12.8 Å². The van der Waals surface area contributed by atoms with Gasteiger partial charge in [-0.25, -0.2) is 0 Å². The van der Waals surface area contributed by atoms with Crippen molar-refractivity contribution in [2.45, 2.75) is 213 Å². The Labute approximate surface area is 346 Å². The summed E-state index contributed by atoms with van der Waals surface area (Å²) in [6.45, 7) is 3.97. The molecule has 0 radical (unpaired) electrons. The van der Waals surface area contributed by atoms with Gasteiger partial charge in [-0.3, -0.25) is 9.59 Å². The maximum absolute atomic E-state index is 12.2. The number of esters is 2. The predicted molar refractivity (Wildman–Crippen MR) is 242 cm³/mol. The molecule has 5 heteroatoms. The molecule has 1 atom stereocenters. The van der Waals surface area contributed by atoms with Crippen molar-refractivity contribution in [3.63, 3.8) is 0 Å². The van der Waals surface area contributed by atoms with Crippen LogP contribution < -0.4 is 0 Å². The highest BCUT2D eigenvalue weighted by molar-refractivity contribution is 5.70. The van der Waals surface area contributed by atoms with E-state index in [1.54, 1.807) is 0 Å². The van der Waals surface area contributed by atoms with Crippen LogP contribution in [0.2, 0.25) is 0 Å². The standard InChI is InChI=1S/C51H86O5/c1-3-5-7-9-11-13-15-17-19-21-22-23-24-25-26-27-28-30-31-33-35-37-39-41-43-45-50(53)55-48-49(47-52)56-51(54)46-44-42-40-38-36-34-32-29-20-18-16-14-12-10-8-6-4-2/h6,8,12,14-15,17-18,20-22,32,34,38,40,49,52H,3-5,7,9-11,13,16,19,23-31,33,35-37,39,41-48H2,1-2H3/b8-6-,14-12-,17-15-,20-18-,22-21-,34-32-,40-38-. The van der Waals surface area contributed by atoms with Gasteiger partial charge in [0.2, 0.25) is 0 Å². The molecule has 0 aromatic heterocycles. The average molecular weight is 779 g/mol. The highest BCUT2D eigenvalue weighted by Crippen LogP contribution is 2.14. The third kappa shape index (κ3) is 43.8. The molecule has 0 aromatic carbocycles. The molecular formula is C51H86O5. The van der Waals surface area contributed by atoms with Crippen molar-refractivity contribution in [2.75, 3.05) is 13.2 Å². The van der Waals surface area contributed by atoms with Crippen LogP contribution in [0.25, 0.3) is 0 Å². The van der Waals surface area contributed by atoms with E-state index >= 15 is 0 Å². The Kier molecular flexibility index (Phi) is 44.0. The molecule has 0 amide bonds. The third-order valence-electron chi connectivity index (χ3n) is 9.67. The van der Waals surface area contributed by atoms with Gasteiger partial charge in [-0.2, -0.15) is 0 Å². The number of aliphatic hydroxyl groups excluding tert-OH is 1. The quantitative estimate of drug-likeness (QED) is 0.0380. The van der Waals surface area contributed by atoms with E-state index in [1.165, 1.54) is 109 Å². The van der Waals surface area contributed by atoms with Crippen LogP contribution in [-0.2, 0) is 19.1 Å². The zero-order chi connectivity index (χ0) is 40.7. The molecule has 0 spiro atoms. The van der Waals surface area contributed by atoms with E-state index in [1.807, 2.05) is 0 Å². The summed E-state index contributed by atoms with van der Waals surface area (Å²) in [5.41, 5.74) is 0. The van der Waals surface area contributed by atoms with E-state index < -0.39 is 6.10 Å². The molecule has 0 heterocycles. The van der Waals surface area contributed by atoms with Gasteiger partial charge in [-0.1, -0.05) is 195 Å². The van der Waals surface area contributed by atoms with E-state index in [4.69, 9.17) is 9.47 Å². The van der Waals surface area contributed by atoms with E-state index in [9.17, 15) is 14.7 Å². The molecular weight excluding hydrogens is 693 g/mol. The van der Waals surface area contributed by atoms with Crippen LogP contribution in [0, 0.1) is 0 Å². The molecule has 320 valence electrons. The molecule has 0 bridgehead atoms. The van der Waals surface area contributed by atoms with Gasteiger partial charge in [0.1, 0.15) is 6.61 Å². The number of hydrogen-bond acceptors (Lipinski definition) is 5. The molecule has 5 nitrogen and oxygen atoms in total. The van der Waals surface area contributed by atoms with Gasteiger partial charge in [0, 0.05) is 12.8 Å². The predicted octanol–water partition coefficient (Wildman–Crippen LogP) is 15.1. The maximum Gasteiger partial charge on any atom is 0.306 e. The first kappa shape index (κ1) is 53.1. The van der Waals surface area contributed by atoms with Crippen molar-refractivity contribution in [1.82, 2.24) is 0 Å². The molecule has 0 aliphatic carbocycles. The van der Waals surface area contributed by atoms with E-state index in [-0.39, 0.29) is 31.6 Å². The fraction of sp³-hybridized carbons (Fsp3) is 0.686. The van der Waals surface area contributed by atoms with Gasteiger partial charge < -0.3 is 14.6 Å². The lowest BCUT2D eigenvalue weighted by atomic mass is 10.0. The Morgan fingerprint density at radius 1 is 0.429 bits per heavy atom. The maximum atomic E-state index is 12.2. The van der Waals surface area contributed by atoms with Gasteiger partial charge in [0.15, 0.2) is 6.10 Å². The van der Waals surface area contributed by atoms with Crippen LogP contribution in [-0.4, -0.2) is 36.4 Å². The van der Waals surface area contributed by atoms with Crippen molar-refractivity contribution in [3.05, 3.63) is 85.1 Å². The van der Waals surface area contributed by atoms with Crippen molar-refractivity contribution >= 4 is 11.9 Å². The highest BCUT2D eigenvalue weighted by Gasteiger charge is 2.16. The Morgan fingerprint density at radius 2 is 0.786 bits per heavy atom. The van der Waals surface area contributed by atoms with Crippen LogP contribution in [0.1, 0.15) is 206 Å². The van der Waals surface area contributed by atoms with Crippen LogP contribution in [0.3, 0.4) is 0 Å². The number of hydrogen-bond donors (Lipinski definition) is 1. The summed E-state index contributed by atoms with van der Waals surface area (Å²) in [4.78, 5) is 24.3. The molecule has 0 saturated heterocycles. The number of carbonyl (C=O) groups is 2. The molecule has 0 saturated carbocycles. The third-order valence-corrected chi connectivity index (χ3v) is 9.67. The van der Waals surface area contributed by atoms with Gasteiger partial charge in [-0.15, -0.1) is 0 Å². The highest BCUT2D eigenvalue weighted by atomic mass is 16.6. The monoisotopic (exact) mass is 779 g/mol. The Bertz CT molecular complexity index is 1060. The summed E-state index contributed by atoms with van der Waals surface area (Å²) < 4.78 is 10.6. The lowest BCUT2D eigenvalue weighted by Gasteiger charge is -2.15. The number of allylic oxidation sites excluding steroid dienone is 14. The first-order chi connectivity index (χ1) is 27.6. The van der Waals surface area contributed by atoms with Crippen LogP contribution in [0.5, 0.6) is 0 Å². The summed E-state index contributed by atoms with van der Waals surface area (Å²) in [5, 5.41) is 9.58. The SMILES string of the molecule is CC/C=C\C/C=C\C/C=C\C/C=C\C/C=C\CCCC(=O)OC(CO)COC(=O)CCCCCCCCCCCCCCC/C=C\C/C=C\CCCCCCC. The minimum atomic E-state index is -0.806. The van der Waals surface area contributed by atoms with E-state index in [0.717, 1.165) is 64.2 Å². The first-order valence-corrected chi connectivity index (χ1v) is 23.1. The fourth-order valence-electron chi connectivity index (χ4n) is 6.21. The zero-order valence-corrected chi connectivity index (χ0v) is 36.4.